The molecule has 2 aliphatic rings. The summed E-state index contributed by atoms with van der Waals surface area (Å²) in [5.41, 5.74) is 1.98. The van der Waals surface area contributed by atoms with Gasteiger partial charge in [-0.05, 0) is 30.9 Å². The zero-order chi connectivity index (χ0) is 13.0. The molecular formula is C14H15Cl2NO. The van der Waals surface area contributed by atoms with Crippen LogP contribution in [0.2, 0.25) is 0 Å². The third-order valence-corrected chi connectivity index (χ3v) is 5.25. The summed E-state index contributed by atoms with van der Waals surface area (Å²) in [6.45, 7) is 3.29. The summed E-state index contributed by atoms with van der Waals surface area (Å²) in [5, 5.41) is 0. The molecule has 1 amide bonds. The number of rotatable bonds is 1. The van der Waals surface area contributed by atoms with Gasteiger partial charge in [-0.3, -0.25) is 4.79 Å². The van der Waals surface area contributed by atoms with Crippen LogP contribution in [0.4, 0.5) is 0 Å². The van der Waals surface area contributed by atoms with Gasteiger partial charge in [0.05, 0.1) is 5.41 Å². The molecule has 1 aliphatic carbocycles. The van der Waals surface area contributed by atoms with Gasteiger partial charge in [-0.2, -0.15) is 0 Å². The minimum Gasteiger partial charge on any atom is -0.337 e. The van der Waals surface area contributed by atoms with E-state index in [9.17, 15) is 4.79 Å². The summed E-state index contributed by atoms with van der Waals surface area (Å²) in [7, 11) is 0. The fourth-order valence-corrected chi connectivity index (χ4v) is 3.35. The van der Waals surface area contributed by atoms with Crippen LogP contribution in [0.3, 0.4) is 0 Å². The molecule has 1 aromatic carbocycles. The molecular weight excluding hydrogens is 269 g/mol. The normalized spacial score (nSPS) is 28.7. The van der Waals surface area contributed by atoms with E-state index < -0.39 is 9.75 Å². The van der Waals surface area contributed by atoms with E-state index in [1.807, 2.05) is 24.0 Å². The maximum Gasteiger partial charge on any atom is 0.231 e. The molecule has 0 N–H and O–H groups in total. The summed E-state index contributed by atoms with van der Waals surface area (Å²) in [6.07, 6.45) is 1.47. The van der Waals surface area contributed by atoms with E-state index in [1.54, 1.807) is 0 Å². The number of carbonyl (C=O) groups excluding carboxylic acids is 1. The lowest BCUT2D eigenvalue weighted by Gasteiger charge is -2.31. The van der Waals surface area contributed by atoms with E-state index in [0.29, 0.717) is 13.0 Å². The third-order valence-electron chi connectivity index (χ3n) is 4.15. The SMILES string of the molecule is C[C@]1(C(=O)N2CCc3ccccc3C2)CC1(Cl)Cl. The number of hydrogen-bond acceptors (Lipinski definition) is 1. The highest BCUT2D eigenvalue weighted by atomic mass is 35.5. The zero-order valence-corrected chi connectivity index (χ0v) is 11.8. The van der Waals surface area contributed by atoms with Crippen molar-refractivity contribution in [3.63, 3.8) is 0 Å². The van der Waals surface area contributed by atoms with Crippen molar-refractivity contribution >= 4 is 29.1 Å². The van der Waals surface area contributed by atoms with Crippen LogP contribution in [0.15, 0.2) is 24.3 Å². The second-order valence-electron chi connectivity index (χ2n) is 5.46. The smallest absolute Gasteiger partial charge is 0.231 e. The van der Waals surface area contributed by atoms with Gasteiger partial charge in [0.15, 0.2) is 0 Å². The van der Waals surface area contributed by atoms with E-state index in [1.165, 1.54) is 11.1 Å². The van der Waals surface area contributed by atoms with Gasteiger partial charge in [0.25, 0.3) is 0 Å². The molecule has 1 atom stereocenters. The van der Waals surface area contributed by atoms with Crippen LogP contribution in [0.1, 0.15) is 24.5 Å². The second-order valence-corrected chi connectivity index (χ2v) is 6.94. The monoisotopic (exact) mass is 283 g/mol. The van der Waals surface area contributed by atoms with Crippen molar-refractivity contribution in [1.82, 2.24) is 4.90 Å². The molecule has 1 aliphatic heterocycles. The lowest BCUT2D eigenvalue weighted by molar-refractivity contribution is -0.137. The van der Waals surface area contributed by atoms with Crippen LogP contribution < -0.4 is 0 Å². The Bertz CT molecular complexity index is 514. The van der Waals surface area contributed by atoms with Crippen molar-refractivity contribution in [2.75, 3.05) is 6.54 Å². The summed E-state index contributed by atoms with van der Waals surface area (Å²) in [6, 6.07) is 8.27. The number of amides is 1. The fourth-order valence-electron chi connectivity index (χ4n) is 2.65. The van der Waals surface area contributed by atoms with E-state index in [0.717, 1.165) is 13.0 Å². The number of benzene rings is 1. The Balaban J connectivity index is 1.79. The Morgan fingerprint density at radius 2 is 1.89 bits per heavy atom. The predicted molar refractivity (Wildman–Crippen MR) is 72.7 cm³/mol. The average molecular weight is 284 g/mol. The zero-order valence-electron chi connectivity index (χ0n) is 10.2. The van der Waals surface area contributed by atoms with Gasteiger partial charge in [-0.25, -0.2) is 0 Å². The first-order valence-electron chi connectivity index (χ1n) is 6.18. The third kappa shape index (κ3) is 1.74. The fraction of sp³-hybridized carbons (Fsp3) is 0.500. The van der Waals surface area contributed by atoms with Gasteiger partial charge < -0.3 is 4.90 Å². The Morgan fingerprint density at radius 3 is 2.50 bits per heavy atom. The first kappa shape index (κ1) is 12.3. The maximum absolute atomic E-state index is 12.5. The molecule has 2 nitrogen and oxygen atoms in total. The highest BCUT2D eigenvalue weighted by Gasteiger charge is 2.68. The first-order valence-corrected chi connectivity index (χ1v) is 6.94. The highest BCUT2D eigenvalue weighted by Crippen LogP contribution is 2.64. The second kappa shape index (κ2) is 3.88. The van der Waals surface area contributed by atoms with Crippen LogP contribution in [0.5, 0.6) is 0 Å². The Kier molecular flexibility index (Phi) is 2.65. The van der Waals surface area contributed by atoms with Crippen molar-refractivity contribution in [1.29, 1.82) is 0 Å². The van der Waals surface area contributed by atoms with E-state index >= 15 is 0 Å². The molecule has 0 radical (unpaired) electrons. The number of alkyl halides is 2. The van der Waals surface area contributed by atoms with Gasteiger partial charge >= 0.3 is 0 Å². The van der Waals surface area contributed by atoms with E-state index in [-0.39, 0.29) is 5.91 Å². The van der Waals surface area contributed by atoms with Crippen LogP contribution in [-0.2, 0) is 17.8 Å². The van der Waals surface area contributed by atoms with Gasteiger partial charge in [-0.1, -0.05) is 24.3 Å². The van der Waals surface area contributed by atoms with Crippen LogP contribution in [0, 0.1) is 5.41 Å². The minimum absolute atomic E-state index is 0.0852. The minimum atomic E-state index is -0.874. The topological polar surface area (TPSA) is 20.3 Å². The van der Waals surface area contributed by atoms with Gasteiger partial charge in [0.1, 0.15) is 4.33 Å². The number of halogens is 2. The van der Waals surface area contributed by atoms with Crippen LogP contribution >= 0.6 is 23.2 Å². The predicted octanol–water partition coefficient (Wildman–Crippen LogP) is 3.16. The molecule has 18 heavy (non-hydrogen) atoms. The molecule has 0 saturated heterocycles. The van der Waals surface area contributed by atoms with Crippen molar-refractivity contribution in [3.05, 3.63) is 35.4 Å². The van der Waals surface area contributed by atoms with Crippen molar-refractivity contribution < 1.29 is 4.79 Å². The lowest BCUT2D eigenvalue weighted by atomic mass is 9.98. The molecule has 0 spiro atoms. The molecule has 96 valence electrons. The Morgan fingerprint density at radius 1 is 1.28 bits per heavy atom. The van der Waals surface area contributed by atoms with Crippen molar-refractivity contribution in [3.8, 4) is 0 Å². The Labute approximate surface area is 117 Å². The van der Waals surface area contributed by atoms with Crippen LogP contribution in [0.25, 0.3) is 0 Å². The molecule has 3 rings (SSSR count). The number of carbonyl (C=O) groups is 1. The summed E-state index contributed by atoms with van der Waals surface area (Å²) in [4.78, 5) is 14.3. The highest BCUT2D eigenvalue weighted by molar-refractivity contribution is 6.53. The average Bonchev–Trinajstić information content (AvgIpc) is 2.88. The van der Waals surface area contributed by atoms with Crippen LogP contribution in [-0.4, -0.2) is 21.7 Å². The summed E-state index contributed by atoms with van der Waals surface area (Å²) < 4.78 is -0.874. The van der Waals surface area contributed by atoms with Gasteiger partial charge in [-0.15, -0.1) is 23.2 Å². The number of nitrogens with zero attached hydrogens (tertiary/aromatic N) is 1. The standard InChI is InChI=1S/C14H15Cl2NO/c1-13(9-14(13,15)16)12(18)17-7-6-10-4-2-3-5-11(10)8-17/h2-5H,6-9H2,1H3/t13-/m1/s1. The van der Waals surface area contributed by atoms with Crippen molar-refractivity contribution in [2.24, 2.45) is 5.41 Å². The molecule has 1 saturated carbocycles. The molecule has 4 heteroatoms. The van der Waals surface area contributed by atoms with Crippen molar-refractivity contribution in [2.45, 2.75) is 30.6 Å². The molecule has 1 heterocycles. The molecule has 0 aromatic heterocycles. The van der Waals surface area contributed by atoms with E-state index in [4.69, 9.17) is 23.2 Å². The number of hydrogen-bond donors (Lipinski definition) is 0. The quantitative estimate of drug-likeness (QED) is 0.725. The summed E-state index contributed by atoms with van der Waals surface area (Å²) >= 11 is 12.2. The first-order chi connectivity index (χ1) is 8.44. The number of fused-ring (bicyclic) bond motifs is 1. The molecule has 0 unspecified atom stereocenters. The maximum atomic E-state index is 12.5. The lowest BCUT2D eigenvalue weighted by Crippen LogP contribution is -2.41. The molecule has 0 bridgehead atoms. The molecule has 1 aromatic rings. The largest absolute Gasteiger partial charge is 0.337 e. The summed E-state index contributed by atoms with van der Waals surface area (Å²) in [5.74, 6) is 0.0852. The van der Waals surface area contributed by atoms with Gasteiger partial charge in [0, 0.05) is 13.1 Å². The van der Waals surface area contributed by atoms with Gasteiger partial charge in [0.2, 0.25) is 5.91 Å². The van der Waals surface area contributed by atoms with E-state index in [2.05, 4.69) is 12.1 Å². The Hall–Kier alpha value is -0.730. The molecule has 1 fully saturated rings.